The maximum Gasteiger partial charge on any atom is 0.573 e. The summed E-state index contributed by atoms with van der Waals surface area (Å²) in [6.45, 7) is 2.05. The third-order valence-corrected chi connectivity index (χ3v) is 4.19. The number of halogens is 4. The van der Waals surface area contributed by atoms with Gasteiger partial charge in [-0.25, -0.2) is 0 Å². The van der Waals surface area contributed by atoms with E-state index < -0.39 is 6.36 Å². The summed E-state index contributed by atoms with van der Waals surface area (Å²) in [6.07, 6.45) is -4.73. The highest BCUT2D eigenvalue weighted by Gasteiger charge is 2.31. The molecule has 0 aliphatic rings. The van der Waals surface area contributed by atoms with E-state index in [4.69, 9.17) is 12.2 Å². The van der Waals surface area contributed by atoms with Crippen molar-refractivity contribution in [3.05, 3.63) is 58.1 Å². The first-order chi connectivity index (χ1) is 11.2. The van der Waals surface area contributed by atoms with Crippen molar-refractivity contribution in [3.8, 4) is 5.75 Å². The van der Waals surface area contributed by atoms with E-state index in [0.717, 1.165) is 15.7 Å². The Balaban J connectivity index is 1.98. The number of aryl methyl sites for hydroxylation is 1. The Hall–Kier alpha value is -1.80. The molecule has 0 radical (unpaired) electrons. The number of thiocarbonyl (C=S) groups is 1. The van der Waals surface area contributed by atoms with Gasteiger partial charge in [0.15, 0.2) is 5.11 Å². The lowest BCUT2D eigenvalue weighted by molar-refractivity contribution is -0.274. The molecule has 0 aliphatic heterocycles. The zero-order valence-electron chi connectivity index (χ0n) is 12.6. The van der Waals surface area contributed by atoms with Gasteiger partial charge in [0.25, 0.3) is 0 Å². The fourth-order valence-electron chi connectivity index (χ4n) is 1.95. The molecule has 2 aromatic rings. The Labute approximate surface area is 151 Å². The van der Waals surface area contributed by atoms with E-state index in [9.17, 15) is 13.2 Å². The predicted octanol–water partition coefficient (Wildman–Crippen LogP) is 5.14. The van der Waals surface area contributed by atoms with Crippen LogP contribution in [0.1, 0.15) is 11.1 Å². The van der Waals surface area contributed by atoms with Crippen LogP contribution in [0.5, 0.6) is 5.75 Å². The van der Waals surface area contributed by atoms with Gasteiger partial charge in [0.2, 0.25) is 0 Å². The molecular weight excluding hydrogens is 405 g/mol. The summed E-state index contributed by atoms with van der Waals surface area (Å²) in [5.41, 5.74) is 2.17. The van der Waals surface area contributed by atoms with Crippen LogP contribution in [0.25, 0.3) is 0 Å². The Morgan fingerprint density at radius 1 is 1.21 bits per heavy atom. The average molecular weight is 419 g/mol. The number of nitrogens with one attached hydrogen (secondary N) is 2. The summed E-state index contributed by atoms with van der Waals surface area (Å²) in [5, 5.41) is 6.16. The number of hydrogen-bond donors (Lipinski definition) is 2. The quantitative estimate of drug-likeness (QED) is 0.673. The molecule has 0 aromatic heterocycles. The van der Waals surface area contributed by atoms with Crippen LogP contribution in [-0.2, 0) is 6.54 Å². The standard InChI is InChI=1S/C16H14BrF3N2OS/c1-10-8-12(6-7-13(10)17)22-15(24)21-9-11-4-2-3-5-14(11)23-16(18,19)20/h2-8H,9H2,1H3,(H2,21,22,24). The number of alkyl halides is 3. The van der Waals surface area contributed by atoms with E-state index >= 15 is 0 Å². The molecule has 2 aromatic carbocycles. The maximum atomic E-state index is 12.4. The van der Waals surface area contributed by atoms with E-state index in [1.54, 1.807) is 12.1 Å². The Morgan fingerprint density at radius 3 is 2.58 bits per heavy atom. The molecule has 2 rings (SSSR count). The lowest BCUT2D eigenvalue weighted by Crippen LogP contribution is -2.28. The van der Waals surface area contributed by atoms with E-state index in [1.165, 1.54) is 12.1 Å². The fraction of sp³-hybridized carbons (Fsp3) is 0.188. The minimum Gasteiger partial charge on any atom is -0.405 e. The number of benzene rings is 2. The number of para-hydroxylation sites is 1. The molecule has 0 atom stereocenters. The zero-order chi connectivity index (χ0) is 17.7. The van der Waals surface area contributed by atoms with Crippen LogP contribution in [0.3, 0.4) is 0 Å². The molecule has 0 bridgehead atoms. The molecular formula is C16H14BrF3N2OS. The van der Waals surface area contributed by atoms with E-state index in [0.29, 0.717) is 10.7 Å². The second-order valence-corrected chi connectivity index (χ2v) is 6.19. The molecule has 8 heteroatoms. The van der Waals surface area contributed by atoms with Crippen molar-refractivity contribution in [3.63, 3.8) is 0 Å². The maximum absolute atomic E-state index is 12.4. The van der Waals surface area contributed by atoms with Crippen LogP contribution in [0, 0.1) is 6.92 Å². The van der Waals surface area contributed by atoms with Crippen LogP contribution >= 0.6 is 28.1 Å². The summed E-state index contributed by atoms with van der Waals surface area (Å²) >= 11 is 8.57. The van der Waals surface area contributed by atoms with Gasteiger partial charge in [-0.3, -0.25) is 0 Å². The van der Waals surface area contributed by atoms with Crippen LogP contribution in [-0.4, -0.2) is 11.5 Å². The monoisotopic (exact) mass is 418 g/mol. The lowest BCUT2D eigenvalue weighted by atomic mass is 10.2. The van der Waals surface area contributed by atoms with Gasteiger partial charge in [-0.15, -0.1) is 13.2 Å². The van der Waals surface area contributed by atoms with Gasteiger partial charge in [-0.05, 0) is 49.0 Å². The number of rotatable bonds is 4. The van der Waals surface area contributed by atoms with Crippen LogP contribution in [0.2, 0.25) is 0 Å². The molecule has 0 heterocycles. The van der Waals surface area contributed by atoms with Crippen molar-refractivity contribution < 1.29 is 17.9 Å². The van der Waals surface area contributed by atoms with Crippen LogP contribution in [0.4, 0.5) is 18.9 Å². The van der Waals surface area contributed by atoms with Gasteiger partial charge in [-0.2, -0.15) is 0 Å². The van der Waals surface area contributed by atoms with Gasteiger partial charge in [0, 0.05) is 22.3 Å². The SMILES string of the molecule is Cc1cc(NC(=S)NCc2ccccc2OC(F)(F)F)ccc1Br. The summed E-state index contributed by atoms with van der Waals surface area (Å²) < 4.78 is 42.2. The molecule has 0 unspecified atom stereocenters. The zero-order valence-corrected chi connectivity index (χ0v) is 15.0. The molecule has 0 amide bonds. The Bertz CT molecular complexity index is 738. The number of hydrogen-bond acceptors (Lipinski definition) is 2. The molecule has 128 valence electrons. The molecule has 2 N–H and O–H groups in total. The van der Waals surface area contributed by atoms with Crippen molar-refractivity contribution in [1.29, 1.82) is 0 Å². The van der Waals surface area contributed by atoms with Crippen molar-refractivity contribution in [1.82, 2.24) is 5.32 Å². The molecule has 0 saturated carbocycles. The minimum atomic E-state index is -4.73. The molecule has 24 heavy (non-hydrogen) atoms. The van der Waals surface area contributed by atoms with Gasteiger partial charge in [-0.1, -0.05) is 34.1 Å². The third-order valence-electron chi connectivity index (χ3n) is 3.05. The fourth-order valence-corrected chi connectivity index (χ4v) is 2.38. The molecule has 0 saturated heterocycles. The Kier molecular flexibility index (Phi) is 6.06. The second-order valence-electron chi connectivity index (χ2n) is 4.93. The van der Waals surface area contributed by atoms with Crippen molar-refractivity contribution in [2.45, 2.75) is 19.8 Å². The number of anilines is 1. The first-order valence-corrected chi connectivity index (χ1v) is 8.09. The van der Waals surface area contributed by atoms with Gasteiger partial charge < -0.3 is 15.4 Å². The molecule has 0 aliphatic carbocycles. The van der Waals surface area contributed by atoms with Crippen LogP contribution in [0.15, 0.2) is 46.9 Å². The van der Waals surface area contributed by atoms with E-state index in [-0.39, 0.29) is 12.3 Å². The van der Waals surface area contributed by atoms with Gasteiger partial charge >= 0.3 is 6.36 Å². The van der Waals surface area contributed by atoms with Crippen molar-refractivity contribution in [2.24, 2.45) is 0 Å². The predicted molar refractivity (Wildman–Crippen MR) is 95.1 cm³/mol. The third kappa shape index (κ3) is 5.68. The first kappa shape index (κ1) is 18.5. The summed E-state index contributed by atoms with van der Waals surface area (Å²) in [5.74, 6) is -0.250. The molecule has 3 nitrogen and oxygen atoms in total. The average Bonchev–Trinajstić information content (AvgIpc) is 2.48. The van der Waals surface area contributed by atoms with Crippen molar-refractivity contribution in [2.75, 3.05) is 5.32 Å². The minimum absolute atomic E-state index is 0.105. The largest absolute Gasteiger partial charge is 0.573 e. The normalized spacial score (nSPS) is 11.0. The Morgan fingerprint density at radius 2 is 1.92 bits per heavy atom. The van der Waals surface area contributed by atoms with Crippen LogP contribution < -0.4 is 15.4 Å². The summed E-state index contributed by atoms with van der Waals surface area (Å²) in [4.78, 5) is 0. The van der Waals surface area contributed by atoms with Gasteiger partial charge in [0.05, 0.1) is 0 Å². The first-order valence-electron chi connectivity index (χ1n) is 6.89. The smallest absolute Gasteiger partial charge is 0.405 e. The van der Waals surface area contributed by atoms with E-state index in [2.05, 4.69) is 31.3 Å². The second kappa shape index (κ2) is 7.85. The summed E-state index contributed by atoms with van der Waals surface area (Å²) in [7, 11) is 0. The highest BCUT2D eigenvalue weighted by molar-refractivity contribution is 9.10. The van der Waals surface area contributed by atoms with E-state index in [1.807, 2.05) is 25.1 Å². The highest BCUT2D eigenvalue weighted by Crippen LogP contribution is 2.26. The summed E-state index contributed by atoms with van der Waals surface area (Å²) in [6, 6.07) is 11.5. The highest BCUT2D eigenvalue weighted by atomic mass is 79.9. The topological polar surface area (TPSA) is 33.3 Å². The van der Waals surface area contributed by atoms with Gasteiger partial charge in [0.1, 0.15) is 5.75 Å². The number of ether oxygens (including phenoxy) is 1. The van der Waals surface area contributed by atoms with Crippen molar-refractivity contribution >= 4 is 38.9 Å². The molecule has 0 fully saturated rings. The molecule has 0 spiro atoms. The lowest BCUT2D eigenvalue weighted by Gasteiger charge is -2.15.